The predicted octanol–water partition coefficient (Wildman–Crippen LogP) is 1.45. The lowest BCUT2D eigenvalue weighted by atomic mass is 10.1. The van der Waals surface area contributed by atoms with Gasteiger partial charge in [-0.1, -0.05) is 30.4 Å². The molecule has 0 unspecified atom stereocenters. The van der Waals surface area contributed by atoms with Crippen LogP contribution in [0.1, 0.15) is 5.56 Å². The maximum Gasteiger partial charge on any atom is 0.166 e. The maximum absolute atomic E-state index is 5.74. The third kappa shape index (κ3) is 1.72. The van der Waals surface area contributed by atoms with Gasteiger partial charge >= 0.3 is 0 Å². The average Bonchev–Trinajstić information content (AvgIpc) is 2.91. The lowest BCUT2D eigenvalue weighted by Crippen LogP contribution is -2.15. The van der Waals surface area contributed by atoms with Gasteiger partial charge in [0.05, 0.1) is 11.1 Å². The van der Waals surface area contributed by atoms with Crippen molar-refractivity contribution >= 4 is 28.1 Å². The highest BCUT2D eigenvalue weighted by atomic mass is 32.1. The lowest BCUT2D eigenvalue weighted by Gasteiger charge is -2.08. The summed E-state index contributed by atoms with van der Waals surface area (Å²) in [5.41, 5.74) is 7.29. The third-order valence-corrected chi connectivity index (χ3v) is 2.82. The molecule has 0 amide bonds. The minimum atomic E-state index is 0.291. The van der Waals surface area contributed by atoms with E-state index in [1.165, 1.54) is 6.33 Å². The van der Waals surface area contributed by atoms with E-state index < -0.39 is 0 Å². The Hall–Kier alpha value is -2.34. The Kier molecular flexibility index (Phi) is 2.49. The van der Waals surface area contributed by atoms with Crippen LogP contribution in [0, 0.1) is 0 Å². The number of nitrogens with two attached hydrogens (primary N) is 1. The Labute approximate surface area is 108 Å². The van der Waals surface area contributed by atoms with Crippen molar-refractivity contribution in [1.29, 1.82) is 0 Å². The molecule has 0 saturated heterocycles. The number of fused-ring (bicyclic) bond motifs is 1. The van der Waals surface area contributed by atoms with E-state index in [-0.39, 0.29) is 0 Å². The summed E-state index contributed by atoms with van der Waals surface area (Å²) >= 11 is 5.06. The SMILES string of the molecule is NC(=S)c1cc2ccccc2nc1-n1cncn1. The first-order valence-electron chi connectivity index (χ1n) is 5.30. The van der Waals surface area contributed by atoms with Crippen molar-refractivity contribution in [2.45, 2.75) is 0 Å². The Balaban J connectivity index is 2.34. The van der Waals surface area contributed by atoms with Gasteiger partial charge in [0.25, 0.3) is 0 Å². The summed E-state index contributed by atoms with van der Waals surface area (Å²) in [4.78, 5) is 8.73. The second-order valence-corrected chi connectivity index (χ2v) is 4.20. The van der Waals surface area contributed by atoms with Crippen molar-refractivity contribution in [2.24, 2.45) is 5.73 Å². The molecule has 0 fully saturated rings. The van der Waals surface area contributed by atoms with Crippen LogP contribution in [-0.2, 0) is 0 Å². The Morgan fingerprint density at radius 2 is 2.11 bits per heavy atom. The molecule has 18 heavy (non-hydrogen) atoms. The number of rotatable bonds is 2. The molecule has 0 aliphatic heterocycles. The fourth-order valence-corrected chi connectivity index (χ4v) is 1.93. The second-order valence-electron chi connectivity index (χ2n) is 3.76. The first kappa shape index (κ1) is 10.8. The summed E-state index contributed by atoms with van der Waals surface area (Å²) in [6.45, 7) is 0. The number of hydrogen-bond acceptors (Lipinski definition) is 4. The van der Waals surface area contributed by atoms with Crippen molar-refractivity contribution in [3.05, 3.63) is 48.5 Å². The van der Waals surface area contributed by atoms with Crippen molar-refractivity contribution in [3.63, 3.8) is 0 Å². The minimum Gasteiger partial charge on any atom is -0.389 e. The Bertz CT molecular complexity index is 720. The van der Waals surface area contributed by atoms with Gasteiger partial charge in [0.2, 0.25) is 0 Å². The molecule has 0 radical (unpaired) electrons. The molecule has 3 aromatic rings. The summed E-state index contributed by atoms with van der Waals surface area (Å²) in [5.74, 6) is 0.596. The van der Waals surface area contributed by atoms with Gasteiger partial charge in [0.15, 0.2) is 5.82 Å². The van der Waals surface area contributed by atoms with Crippen LogP contribution in [0.5, 0.6) is 0 Å². The summed E-state index contributed by atoms with van der Waals surface area (Å²) < 4.78 is 1.56. The van der Waals surface area contributed by atoms with E-state index in [4.69, 9.17) is 18.0 Å². The first-order valence-corrected chi connectivity index (χ1v) is 5.71. The largest absolute Gasteiger partial charge is 0.389 e. The summed E-state index contributed by atoms with van der Waals surface area (Å²) in [5, 5.41) is 5.05. The van der Waals surface area contributed by atoms with E-state index >= 15 is 0 Å². The zero-order valence-electron chi connectivity index (χ0n) is 9.32. The number of para-hydroxylation sites is 1. The van der Waals surface area contributed by atoms with Gasteiger partial charge in [0, 0.05) is 5.39 Å². The molecule has 0 aliphatic rings. The normalized spacial score (nSPS) is 10.7. The molecule has 0 bridgehead atoms. The molecule has 2 N–H and O–H groups in total. The number of benzene rings is 1. The Morgan fingerprint density at radius 1 is 1.28 bits per heavy atom. The highest BCUT2D eigenvalue weighted by Crippen LogP contribution is 2.18. The van der Waals surface area contributed by atoms with Crippen LogP contribution in [0.3, 0.4) is 0 Å². The van der Waals surface area contributed by atoms with Gasteiger partial charge in [-0.2, -0.15) is 5.10 Å². The van der Waals surface area contributed by atoms with Crippen LogP contribution in [0.25, 0.3) is 16.7 Å². The molecule has 88 valence electrons. The van der Waals surface area contributed by atoms with Crippen LogP contribution in [-0.4, -0.2) is 24.7 Å². The average molecular weight is 255 g/mol. The van der Waals surface area contributed by atoms with Gasteiger partial charge in [0.1, 0.15) is 17.6 Å². The lowest BCUT2D eigenvalue weighted by molar-refractivity contribution is 0.849. The maximum atomic E-state index is 5.74. The van der Waals surface area contributed by atoms with Crippen LogP contribution in [0.4, 0.5) is 0 Å². The smallest absolute Gasteiger partial charge is 0.166 e. The van der Waals surface area contributed by atoms with E-state index in [2.05, 4.69) is 15.1 Å². The molecule has 0 spiro atoms. The van der Waals surface area contributed by atoms with E-state index in [0.717, 1.165) is 10.9 Å². The van der Waals surface area contributed by atoms with Crippen molar-refractivity contribution in [2.75, 3.05) is 0 Å². The van der Waals surface area contributed by atoms with Crippen molar-refractivity contribution in [1.82, 2.24) is 19.7 Å². The molecule has 2 heterocycles. The summed E-state index contributed by atoms with van der Waals surface area (Å²) in [6.07, 6.45) is 3.01. The zero-order chi connectivity index (χ0) is 12.5. The van der Waals surface area contributed by atoms with E-state index in [0.29, 0.717) is 16.4 Å². The number of hydrogen-bond donors (Lipinski definition) is 1. The van der Waals surface area contributed by atoms with Crippen LogP contribution in [0.2, 0.25) is 0 Å². The van der Waals surface area contributed by atoms with Gasteiger partial charge in [-0.3, -0.25) is 0 Å². The van der Waals surface area contributed by atoms with Crippen molar-refractivity contribution in [3.8, 4) is 5.82 Å². The minimum absolute atomic E-state index is 0.291. The fraction of sp³-hybridized carbons (Fsp3) is 0. The number of aromatic nitrogens is 4. The van der Waals surface area contributed by atoms with Crippen LogP contribution >= 0.6 is 12.2 Å². The molecule has 0 saturated carbocycles. The van der Waals surface area contributed by atoms with Crippen molar-refractivity contribution < 1.29 is 0 Å². The highest BCUT2D eigenvalue weighted by molar-refractivity contribution is 7.80. The molecular formula is C12H9N5S. The molecule has 3 rings (SSSR count). The quantitative estimate of drug-likeness (QED) is 0.702. The first-order chi connectivity index (χ1) is 8.75. The summed E-state index contributed by atoms with van der Waals surface area (Å²) in [6, 6.07) is 9.69. The fourth-order valence-electron chi connectivity index (χ4n) is 1.78. The van der Waals surface area contributed by atoms with Gasteiger partial charge < -0.3 is 5.73 Å². The van der Waals surface area contributed by atoms with E-state index in [1.807, 2.05) is 30.3 Å². The standard InChI is InChI=1S/C12H9N5S/c13-11(18)9-5-8-3-1-2-4-10(8)16-12(9)17-7-14-6-15-17/h1-7H,(H2,13,18). The monoisotopic (exact) mass is 255 g/mol. The second kappa shape index (κ2) is 4.15. The van der Waals surface area contributed by atoms with Crippen LogP contribution < -0.4 is 5.73 Å². The van der Waals surface area contributed by atoms with E-state index in [9.17, 15) is 0 Å². The molecular weight excluding hydrogens is 246 g/mol. The summed E-state index contributed by atoms with van der Waals surface area (Å²) in [7, 11) is 0. The highest BCUT2D eigenvalue weighted by Gasteiger charge is 2.11. The molecule has 1 aromatic carbocycles. The van der Waals surface area contributed by atoms with Crippen LogP contribution in [0.15, 0.2) is 43.0 Å². The molecule has 5 nitrogen and oxygen atoms in total. The molecule has 0 atom stereocenters. The molecule has 0 aliphatic carbocycles. The van der Waals surface area contributed by atoms with Gasteiger partial charge in [-0.05, 0) is 12.1 Å². The van der Waals surface area contributed by atoms with E-state index in [1.54, 1.807) is 11.0 Å². The zero-order valence-corrected chi connectivity index (χ0v) is 10.1. The molecule has 2 aromatic heterocycles. The predicted molar refractivity (Wildman–Crippen MR) is 72.5 cm³/mol. The topological polar surface area (TPSA) is 69.6 Å². The van der Waals surface area contributed by atoms with Gasteiger partial charge in [-0.15, -0.1) is 0 Å². The third-order valence-electron chi connectivity index (χ3n) is 2.61. The molecule has 6 heteroatoms. The number of nitrogens with zero attached hydrogens (tertiary/aromatic N) is 4. The number of pyridine rings is 1. The van der Waals surface area contributed by atoms with Gasteiger partial charge in [-0.25, -0.2) is 14.6 Å². The number of thiocarbonyl (C=S) groups is 1. The Morgan fingerprint density at radius 3 is 2.83 bits per heavy atom.